The van der Waals surface area contributed by atoms with Gasteiger partial charge < -0.3 is 10.1 Å². The highest BCUT2D eigenvalue weighted by atomic mass is 79.9. The third-order valence-corrected chi connectivity index (χ3v) is 4.28. The molecule has 0 spiro atoms. The van der Waals surface area contributed by atoms with Gasteiger partial charge in [-0.25, -0.2) is 9.97 Å². The van der Waals surface area contributed by atoms with Crippen LogP contribution in [0.4, 0.5) is 5.82 Å². The average molecular weight is 342 g/mol. The van der Waals surface area contributed by atoms with Crippen molar-refractivity contribution >= 4 is 21.7 Å². The summed E-state index contributed by atoms with van der Waals surface area (Å²) in [6, 6.07) is 0. The van der Waals surface area contributed by atoms with Crippen LogP contribution in [-0.2, 0) is 11.2 Å². The van der Waals surface area contributed by atoms with E-state index in [1.165, 1.54) is 12.8 Å². The number of rotatable bonds is 5. The Balaban J connectivity index is 2.22. The van der Waals surface area contributed by atoms with Gasteiger partial charge in [-0.1, -0.05) is 13.8 Å². The molecule has 1 aliphatic heterocycles. The minimum atomic E-state index is 0.277. The first kappa shape index (κ1) is 15.7. The molecule has 0 radical (unpaired) electrons. The van der Waals surface area contributed by atoms with Crippen LogP contribution >= 0.6 is 15.9 Å². The van der Waals surface area contributed by atoms with Gasteiger partial charge in [0, 0.05) is 19.6 Å². The highest BCUT2D eigenvalue weighted by Gasteiger charge is 2.19. The number of hydrogen-bond acceptors (Lipinski definition) is 4. The molecule has 0 aromatic carbocycles. The van der Waals surface area contributed by atoms with Crippen LogP contribution in [0.5, 0.6) is 0 Å². The highest BCUT2D eigenvalue weighted by molar-refractivity contribution is 9.10. The van der Waals surface area contributed by atoms with Gasteiger partial charge in [0.15, 0.2) is 0 Å². The molecule has 1 fully saturated rings. The third-order valence-electron chi connectivity index (χ3n) is 3.50. The lowest BCUT2D eigenvalue weighted by Gasteiger charge is -2.22. The molecular formula is C15H24BrN3O. The maximum absolute atomic E-state index is 5.80. The summed E-state index contributed by atoms with van der Waals surface area (Å²) in [7, 11) is 0. The molecule has 2 heterocycles. The molecule has 1 atom stereocenters. The van der Waals surface area contributed by atoms with Crippen LogP contribution in [0.15, 0.2) is 4.47 Å². The van der Waals surface area contributed by atoms with Gasteiger partial charge in [-0.3, -0.25) is 0 Å². The fourth-order valence-electron chi connectivity index (χ4n) is 2.44. The Morgan fingerprint density at radius 3 is 2.75 bits per heavy atom. The van der Waals surface area contributed by atoms with Gasteiger partial charge in [-0.15, -0.1) is 0 Å². The zero-order chi connectivity index (χ0) is 14.5. The molecule has 112 valence electrons. The molecule has 1 aromatic heterocycles. The Morgan fingerprint density at radius 2 is 2.15 bits per heavy atom. The molecule has 0 bridgehead atoms. The van der Waals surface area contributed by atoms with Crippen molar-refractivity contribution in [1.29, 1.82) is 0 Å². The van der Waals surface area contributed by atoms with Crippen LogP contribution < -0.4 is 5.32 Å². The number of aromatic nitrogens is 2. The quantitative estimate of drug-likeness (QED) is 0.881. The first-order valence-electron chi connectivity index (χ1n) is 7.53. The van der Waals surface area contributed by atoms with E-state index >= 15 is 0 Å². The number of anilines is 1. The van der Waals surface area contributed by atoms with E-state index in [9.17, 15) is 0 Å². The second kappa shape index (κ2) is 7.36. The van der Waals surface area contributed by atoms with E-state index < -0.39 is 0 Å². The average Bonchev–Trinajstić information content (AvgIpc) is 2.43. The normalized spacial score (nSPS) is 19.4. The van der Waals surface area contributed by atoms with Crippen molar-refractivity contribution in [1.82, 2.24) is 9.97 Å². The third kappa shape index (κ3) is 3.92. The summed E-state index contributed by atoms with van der Waals surface area (Å²) in [5.41, 5.74) is 1.07. The molecule has 1 N–H and O–H groups in total. The van der Waals surface area contributed by atoms with Gasteiger partial charge in [0.2, 0.25) is 0 Å². The summed E-state index contributed by atoms with van der Waals surface area (Å²) in [5.74, 6) is 2.16. The first-order chi connectivity index (χ1) is 9.61. The Morgan fingerprint density at radius 1 is 1.35 bits per heavy atom. The van der Waals surface area contributed by atoms with Gasteiger partial charge in [0.25, 0.3) is 0 Å². The number of hydrogen-bond donors (Lipinski definition) is 1. The lowest BCUT2D eigenvalue weighted by atomic mass is 10.1. The molecule has 1 aromatic rings. The zero-order valence-corrected chi connectivity index (χ0v) is 14.2. The summed E-state index contributed by atoms with van der Waals surface area (Å²) in [6.07, 6.45) is 4.63. The van der Waals surface area contributed by atoms with Crippen LogP contribution in [0.25, 0.3) is 0 Å². The predicted molar refractivity (Wildman–Crippen MR) is 85.3 cm³/mol. The molecule has 4 nitrogen and oxygen atoms in total. The lowest BCUT2D eigenvalue weighted by Crippen LogP contribution is -2.23. The number of nitrogens with one attached hydrogen (secondary N) is 1. The van der Waals surface area contributed by atoms with Crippen LogP contribution in [0.1, 0.15) is 57.5 Å². The van der Waals surface area contributed by atoms with Crippen molar-refractivity contribution < 1.29 is 4.74 Å². The van der Waals surface area contributed by atoms with Crippen molar-refractivity contribution in [3.8, 4) is 0 Å². The molecule has 1 saturated heterocycles. The largest absolute Gasteiger partial charge is 0.378 e. The van der Waals surface area contributed by atoms with Crippen molar-refractivity contribution in [3.05, 3.63) is 16.0 Å². The predicted octanol–water partition coefficient (Wildman–Crippen LogP) is 3.91. The Labute approximate surface area is 129 Å². The summed E-state index contributed by atoms with van der Waals surface area (Å²) in [4.78, 5) is 9.38. The highest BCUT2D eigenvalue weighted by Crippen LogP contribution is 2.29. The van der Waals surface area contributed by atoms with Crippen LogP contribution in [0.2, 0.25) is 0 Å². The van der Waals surface area contributed by atoms with Gasteiger partial charge in [-0.05, 0) is 48.0 Å². The second-order valence-electron chi connectivity index (χ2n) is 5.57. The molecule has 0 amide bonds. The molecule has 20 heavy (non-hydrogen) atoms. The van der Waals surface area contributed by atoms with Gasteiger partial charge >= 0.3 is 0 Å². The molecular weight excluding hydrogens is 318 g/mol. The van der Waals surface area contributed by atoms with Gasteiger partial charge in [0.05, 0.1) is 16.3 Å². The standard InChI is InChI=1S/C15H24BrN3O/c1-4-17-15-13(16)14(10(2)3)18-12(19-15)9-11-7-5-6-8-20-11/h10-11H,4-9H2,1-3H3,(H,17,18,19). The molecule has 5 heteroatoms. The minimum absolute atomic E-state index is 0.277. The van der Waals surface area contributed by atoms with Crippen LogP contribution in [0, 0.1) is 0 Å². The Kier molecular flexibility index (Phi) is 5.78. The lowest BCUT2D eigenvalue weighted by molar-refractivity contribution is 0.0156. The summed E-state index contributed by atoms with van der Waals surface area (Å²) >= 11 is 3.62. The summed E-state index contributed by atoms with van der Waals surface area (Å²) < 4.78 is 6.79. The second-order valence-corrected chi connectivity index (χ2v) is 6.36. The fraction of sp³-hybridized carbons (Fsp3) is 0.733. The molecule has 2 rings (SSSR count). The molecule has 0 aliphatic carbocycles. The maximum atomic E-state index is 5.80. The SMILES string of the molecule is CCNc1nc(CC2CCCCO2)nc(C(C)C)c1Br. The smallest absolute Gasteiger partial charge is 0.144 e. The number of nitrogens with zero attached hydrogens (tertiary/aromatic N) is 2. The first-order valence-corrected chi connectivity index (χ1v) is 8.32. The summed E-state index contributed by atoms with van der Waals surface area (Å²) in [6.45, 7) is 8.12. The van der Waals surface area contributed by atoms with E-state index in [2.05, 4.69) is 47.0 Å². The molecule has 1 unspecified atom stereocenters. The Bertz CT molecular complexity index is 445. The Hall–Kier alpha value is -0.680. The topological polar surface area (TPSA) is 47.0 Å². The van der Waals surface area contributed by atoms with Gasteiger partial charge in [0.1, 0.15) is 11.6 Å². The van der Waals surface area contributed by atoms with Crippen molar-refractivity contribution in [2.45, 2.75) is 58.5 Å². The van der Waals surface area contributed by atoms with Crippen LogP contribution in [-0.4, -0.2) is 29.2 Å². The van der Waals surface area contributed by atoms with Crippen LogP contribution in [0.3, 0.4) is 0 Å². The van der Waals surface area contributed by atoms with E-state index in [-0.39, 0.29) is 6.10 Å². The van der Waals surface area contributed by atoms with Crippen molar-refractivity contribution in [2.24, 2.45) is 0 Å². The summed E-state index contributed by atoms with van der Waals surface area (Å²) in [5, 5.41) is 3.31. The fourth-order valence-corrected chi connectivity index (χ4v) is 3.22. The van der Waals surface area contributed by atoms with E-state index in [0.29, 0.717) is 5.92 Å². The minimum Gasteiger partial charge on any atom is -0.378 e. The monoisotopic (exact) mass is 341 g/mol. The van der Waals surface area contributed by atoms with E-state index in [1.807, 2.05) is 0 Å². The van der Waals surface area contributed by atoms with E-state index in [0.717, 1.165) is 47.8 Å². The number of halogens is 1. The van der Waals surface area contributed by atoms with E-state index in [1.54, 1.807) is 0 Å². The zero-order valence-electron chi connectivity index (χ0n) is 12.6. The number of ether oxygens (including phenoxy) is 1. The molecule has 0 saturated carbocycles. The maximum Gasteiger partial charge on any atom is 0.144 e. The molecule has 1 aliphatic rings. The van der Waals surface area contributed by atoms with Crippen molar-refractivity contribution in [3.63, 3.8) is 0 Å². The van der Waals surface area contributed by atoms with E-state index in [4.69, 9.17) is 9.72 Å². The van der Waals surface area contributed by atoms with Gasteiger partial charge in [-0.2, -0.15) is 0 Å². The van der Waals surface area contributed by atoms with Crippen molar-refractivity contribution in [2.75, 3.05) is 18.5 Å².